The number of nitrogens with one attached hydrogen (secondary N) is 2. The van der Waals surface area contributed by atoms with E-state index in [9.17, 15) is 4.79 Å². The molecule has 0 aliphatic carbocycles. The molecule has 6 heteroatoms. The number of aromatic nitrogens is 1. The van der Waals surface area contributed by atoms with Crippen LogP contribution in [0.1, 0.15) is 15.6 Å². The Labute approximate surface area is 92.5 Å². The average Bonchev–Trinajstić information content (AvgIpc) is 2.51. The molecule has 2 amide bonds. The van der Waals surface area contributed by atoms with Gasteiger partial charge in [0.1, 0.15) is 0 Å². The third-order valence-electron chi connectivity index (χ3n) is 1.81. The van der Waals surface area contributed by atoms with E-state index >= 15 is 0 Å². The van der Waals surface area contributed by atoms with Gasteiger partial charge in [0.05, 0.1) is 23.9 Å². The summed E-state index contributed by atoms with van der Waals surface area (Å²) in [5.74, 6) is 0. The van der Waals surface area contributed by atoms with Crippen molar-refractivity contribution in [2.24, 2.45) is 0 Å². The molecular formula is C9H15N3O2S. The summed E-state index contributed by atoms with van der Waals surface area (Å²) >= 11 is 1.58. The fourth-order valence-corrected chi connectivity index (χ4v) is 2.01. The normalized spacial score (nSPS) is 10.1. The molecule has 1 heterocycles. The van der Waals surface area contributed by atoms with Gasteiger partial charge in [0.25, 0.3) is 0 Å². The number of rotatable bonds is 4. The summed E-state index contributed by atoms with van der Waals surface area (Å²) in [4.78, 5) is 16.5. The molecule has 0 aliphatic heterocycles. The van der Waals surface area contributed by atoms with E-state index in [-0.39, 0.29) is 19.2 Å². The maximum atomic E-state index is 11.1. The van der Waals surface area contributed by atoms with E-state index in [1.807, 2.05) is 13.8 Å². The first-order chi connectivity index (χ1) is 7.13. The van der Waals surface area contributed by atoms with Crippen LogP contribution in [0.4, 0.5) is 4.79 Å². The zero-order chi connectivity index (χ0) is 11.3. The third kappa shape index (κ3) is 3.85. The van der Waals surface area contributed by atoms with Gasteiger partial charge < -0.3 is 15.7 Å². The van der Waals surface area contributed by atoms with Crippen LogP contribution in [-0.4, -0.2) is 29.3 Å². The molecule has 0 radical (unpaired) electrons. The Morgan fingerprint density at radius 1 is 1.47 bits per heavy atom. The average molecular weight is 229 g/mol. The Hall–Kier alpha value is -1.14. The molecule has 0 bridgehead atoms. The van der Waals surface area contributed by atoms with Crippen molar-refractivity contribution in [3.63, 3.8) is 0 Å². The second-order valence-electron chi connectivity index (χ2n) is 3.07. The predicted octanol–water partition coefficient (Wildman–Crippen LogP) is 0.551. The highest BCUT2D eigenvalue weighted by Crippen LogP contribution is 2.16. The highest BCUT2D eigenvalue weighted by Gasteiger charge is 2.05. The number of aliphatic hydroxyl groups is 1. The number of carbonyl (C=O) groups excluding carboxylic acids is 1. The van der Waals surface area contributed by atoms with E-state index in [2.05, 4.69) is 15.6 Å². The number of hydrogen-bond donors (Lipinski definition) is 3. The molecule has 5 nitrogen and oxygen atoms in total. The first-order valence-corrected chi connectivity index (χ1v) is 5.50. The Morgan fingerprint density at radius 3 is 2.73 bits per heavy atom. The van der Waals surface area contributed by atoms with Crippen LogP contribution in [0.25, 0.3) is 0 Å². The van der Waals surface area contributed by atoms with Crippen molar-refractivity contribution >= 4 is 17.4 Å². The summed E-state index contributed by atoms with van der Waals surface area (Å²) in [7, 11) is 0. The largest absolute Gasteiger partial charge is 0.395 e. The van der Waals surface area contributed by atoms with Crippen molar-refractivity contribution in [1.29, 1.82) is 0 Å². The Bertz CT molecular complexity index is 338. The fraction of sp³-hybridized carbons (Fsp3) is 0.556. The lowest BCUT2D eigenvalue weighted by Gasteiger charge is -2.04. The summed E-state index contributed by atoms with van der Waals surface area (Å²) in [6, 6.07) is -0.269. The van der Waals surface area contributed by atoms with E-state index in [1.165, 1.54) is 0 Å². The number of thiazole rings is 1. The lowest BCUT2D eigenvalue weighted by Crippen LogP contribution is -2.36. The summed E-state index contributed by atoms with van der Waals surface area (Å²) < 4.78 is 0. The Kier molecular flexibility index (Phi) is 4.51. The highest BCUT2D eigenvalue weighted by molar-refractivity contribution is 7.11. The molecule has 0 aromatic carbocycles. The summed E-state index contributed by atoms with van der Waals surface area (Å²) in [5, 5.41) is 14.7. The maximum Gasteiger partial charge on any atom is 0.315 e. The van der Waals surface area contributed by atoms with E-state index in [1.54, 1.807) is 11.3 Å². The van der Waals surface area contributed by atoms with Gasteiger partial charge in [-0.25, -0.2) is 9.78 Å². The molecule has 3 N–H and O–H groups in total. The van der Waals surface area contributed by atoms with Gasteiger partial charge in [0.15, 0.2) is 0 Å². The lowest BCUT2D eigenvalue weighted by molar-refractivity contribution is 0.234. The Morgan fingerprint density at radius 2 is 2.20 bits per heavy atom. The Balaban J connectivity index is 2.36. The molecule has 0 unspecified atom stereocenters. The van der Waals surface area contributed by atoms with Gasteiger partial charge in [-0.3, -0.25) is 0 Å². The van der Waals surface area contributed by atoms with Gasteiger partial charge in [-0.05, 0) is 13.8 Å². The van der Waals surface area contributed by atoms with Gasteiger partial charge in [-0.2, -0.15) is 0 Å². The fourth-order valence-electron chi connectivity index (χ4n) is 1.13. The van der Waals surface area contributed by atoms with Crippen LogP contribution < -0.4 is 10.6 Å². The molecule has 0 fully saturated rings. The molecule has 0 spiro atoms. The van der Waals surface area contributed by atoms with Gasteiger partial charge in [-0.1, -0.05) is 0 Å². The number of urea groups is 1. The van der Waals surface area contributed by atoms with Crippen molar-refractivity contribution in [1.82, 2.24) is 15.6 Å². The van der Waals surface area contributed by atoms with Crippen LogP contribution in [0.2, 0.25) is 0 Å². The topological polar surface area (TPSA) is 74.2 Å². The van der Waals surface area contributed by atoms with Crippen molar-refractivity contribution in [3.8, 4) is 0 Å². The number of amides is 2. The minimum Gasteiger partial charge on any atom is -0.395 e. The van der Waals surface area contributed by atoms with Crippen molar-refractivity contribution < 1.29 is 9.90 Å². The molecule has 0 aliphatic rings. The lowest BCUT2D eigenvalue weighted by atomic mass is 10.4. The van der Waals surface area contributed by atoms with Gasteiger partial charge >= 0.3 is 6.03 Å². The number of nitrogens with zero attached hydrogens (tertiary/aromatic N) is 1. The van der Waals surface area contributed by atoms with Gasteiger partial charge in [0.2, 0.25) is 0 Å². The second kappa shape index (κ2) is 5.67. The molecule has 15 heavy (non-hydrogen) atoms. The number of aliphatic hydroxyl groups excluding tert-OH is 1. The van der Waals surface area contributed by atoms with Crippen LogP contribution in [-0.2, 0) is 6.54 Å². The van der Waals surface area contributed by atoms with Crippen LogP contribution in [0.3, 0.4) is 0 Å². The van der Waals surface area contributed by atoms with Crippen molar-refractivity contribution in [3.05, 3.63) is 15.6 Å². The molecule has 1 rings (SSSR count). The smallest absolute Gasteiger partial charge is 0.315 e. The van der Waals surface area contributed by atoms with E-state index in [0.29, 0.717) is 6.54 Å². The van der Waals surface area contributed by atoms with Crippen LogP contribution in [0, 0.1) is 13.8 Å². The standard InChI is InChI=1S/C9H15N3O2S/c1-6-8(15-7(2)12-6)5-11-9(14)10-3-4-13/h13H,3-5H2,1-2H3,(H2,10,11,14). The maximum absolute atomic E-state index is 11.1. The van der Waals surface area contributed by atoms with Gasteiger partial charge in [-0.15, -0.1) is 11.3 Å². The van der Waals surface area contributed by atoms with Gasteiger partial charge in [0, 0.05) is 11.4 Å². The summed E-state index contributed by atoms with van der Waals surface area (Å²) in [6.45, 7) is 4.56. The zero-order valence-electron chi connectivity index (χ0n) is 8.83. The van der Waals surface area contributed by atoms with Crippen LogP contribution in [0.15, 0.2) is 0 Å². The third-order valence-corrected chi connectivity index (χ3v) is 2.88. The highest BCUT2D eigenvalue weighted by atomic mass is 32.1. The summed E-state index contributed by atoms with van der Waals surface area (Å²) in [6.07, 6.45) is 0. The molecule has 0 saturated carbocycles. The zero-order valence-corrected chi connectivity index (χ0v) is 9.65. The van der Waals surface area contributed by atoms with E-state index in [0.717, 1.165) is 15.6 Å². The molecular weight excluding hydrogens is 214 g/mol. The molecule has 1 aromatic heterocycles. The molecule has 0 atom stereocenters. The van der Waals surface area contributed by atoms with Crippen molar-refractivity contribution in [2.45, 2.75) is 20.4 Å². The number of carbonyl (C=O) groups is 1. The van der Waals surface area contributed by atoms with Crippen molar-refractivity contribution in [2.75, 3.05) is 13.2 Å². The minimum atomic E-state index is -0.269. The van der Waals surface area contributed by atoms with Crippen LogP contribution in [0.5, 0.6) is 0 Å². The number of hydrogen-bond acceptors (Lipinski definition) is 4. The second-order valence-corrected chi connectivity index (χ2v) is 4.36. The molecule has 1 aromatic rings. The SMILES string of the molecule is Cc1nc(C)c(CNC(=O)NCCO)s1. The monoisotopic (exact) mass is 229 g/mol. The number of aryl methyl sites for hydroxylation is 2. The summed E-state index contributed by atoms with van der Waals surface area (Å²) in [5.41, 5.74) is 0.958. The van der Waals surface area contributed by atoms with E-state index < -0.39 is 0 Å². The minimum absolute atomic E-state index is 0.0495. The predicted molar refractivity (Wildman–Crippen MR) is 58.9 cm³/mol. The molecule has 84 valence electrons. The van der Waals surface area contributed by atoms with Crippen LogP contribution >= 0.6 is 11.3 Å². The van der Waals surface area contributed by atoms with E-state index in [4.69, 9.17) is 5.11 Å². The molecule has 0 saturated heterocycles. The first kappa shape index (κ1) is 11.9. The quantitative estimate of drug-likeness (QED) is 0.706. The first-order valence-electron chi connectivity index (χ1n) is 4.69.